The maximum absolute atomic E-state index is 13.1. The number of fused-ring (bicyclic) bond motifs is 1. The van der Waals surface area contributed by atoms with Gasteiger partial charge in [0.2, 0.25) is 5.91 Å². The van der Waals surface area contributed by atoms with Gasteiger partial charge in [0.05, 0.1) is 29.1 Å². The van der Waals surface area contributed by atoms with Crippen LogP contribution in [0.3, 0.4) is 0 Å². The minimum Gasteiger partial charge on any atom is -0.462 e. The van der Waals surface area contributed by atoms with Gasteiger partial charge in [-0.05, 0) is 48.9 Å². The van der Waals surface area contributed by atoms with E-state index in [0.717, 1.165) is 16.9 Å². The van der Waals surface area contributed by atoms with Gasteiger partial charge in [-0.1, -0.05) is 36.4 Å². The van der Waals surface area contributed by atoms with Crippen LogP contribution in [0.4, 0.5) is 17.1 Å². The Balaban J connectivity index is 1.77. The molecule has 0 spiro atoms. The zero-order chi connectivity index (χ0) is 24.2. The summed E-state index contributed by atoms with van der Waals surface area (Å²) >= 11 is 0. The Morgan fingerprint density at radius 1 is 0.971 bits per heavy atom. The van der Waals surface area contributed by atoms with Crippen molar-refractivity contribution in [3.8, 4) is 0 Å². The second-order valence-corrected chi connectivity index (χ2v) is 7.80. The van der Waals surface area contributed by atoms with E-state index in [-0.39, 0.29) is 18.4 Å². The topological polar surface area (TPSA) is 87.7 Å². The summed E-state index contributed by atoms with van der Waals surface area (Å²) in [6.45, 7) is 3.53. The summed E-state index contributed by atoms with van der Waals surface area (Å²) < 4.78 is 5.08. The number of nitrogens with one attached hydrogen (secondary N) is 2. The summed E-state index contributed by atoms with van der Waals surface area (Å²) in [5.41, 5.74) is 5.09. The molecule has 4 rings (SSSR count). The van der Waals surface area contributed by atoms with Gasteiger partial charge in [-0.2, -0.15) is 0 Å². The monoisotopic (exact) mass is 455 g/mol. The fourth-order valence-corrected chi connectivity index (χ4v) is 3.74. The van der Waals surface area contributed by atoms with E-state index in [9.17, 15) is 14.4 Å². The van der Waals surface area contributed by atoms with E-state index in [2.05, 4.69) is 10.6 Å². The number of nitrogens with zero attached hydrogens (tertiary/aromatic N) is 1. The third-order valence-corrected chi connectivity index (χ3v) is 5.58. The van der Waals surface area contributed by atoms with Crippen molar-refractivity contribution in [1.29, 1.82) is 0 Å². The second-order valence-electron chi connectivity index (χ2n) is 7.80. The summed E-state index contributed by atoms with van der Waals surface area (Å²) in [4.78, 5) is 38.4. The van der Waals surface area contributed by atoms with E-state index in [4.69, 9.17) is 4.74 Å². The number of esters is 1. The van der Waals surface area contributed by atoms with E-state index >= 15 is 0 Å². The number of anilines is 3. The summed E-state index contributed by atoms with van der Waals surface area (Å²) in [6, 6.07) is 22.0. The lowest BCUT2D eigenvalue weighted by Crippen LogP contribution is -2.22. The first-order valence-corrected chi connectivity index (χ1v) is 10.9. The molecule has 0 saturated carbocycles. The molecule has 7 nitrogen and oxygen atoms in total. The van der Waals surface area contributed by atoms with E-state index in [1.807, 2.05) is 54.6 Å². The number of rotatable bonds is 6. The van der Waals surface area contributed by atoms with E-state index in [1.165, 1.54) is 6.92 Å². The van der Waals surface area contributed by atoms with Crippen molar-refractivity contribution < 1.29 is 19.1 Å². The van der Waals surface area contributed by atoms with Crippen LogP contribution in [0.1, 0.15) is 35.3 Å². The zero-order valence-corrected chi connectivity index (χ0v) is 19.2. The van der Waals surface area contributed by atoms with Gasteiger partial charge >= 0.3 is 5.97 Å². The fourth-order valence-electron chi connectivity index (χ4n) is 3.74. The van der Waals surface area contributed by atoms with Crippen LogP contribution in [0.15, 0.2) is 72.8 Å². The molecular formula is C27H25N3O4. The molecule has 0 atom stereocenters. The standard InChI is InChI=1S/C27H25N3O4/c1-4-34-27(33)19-10-15-22-23(16-19)29-26(32)24(22)25(18-8-6-5-7-9-18)28-20-11-13-21(14-12-20)30(3)17(2)31/h5-16,28H,4H2,1-3H3,(H,29,32)/b25-24-. The molecule has 2 N–H and O–H groups in total. The first-order chi connectivity index (χ1) is 16.4. The van der Waals surface area contributed by atoms with Gasteiger partial charge in [-0.3, -0.25) is 9.59 Å². The summed E-state index contributed by atoms with van der Waals surface area (Å²) in [5, 5.41) is 6.25. The molecule has 1 heterocycles. The average molecular weight is 456 g/mol. The predicted molar refractivity (Wildman–Crippen MR) is 133 cm³/mol. The van der Waals surface area contributed by atoms with Crippen LogP contribution >= 0.6 is 0 Å². The lowest BCUT2D eigenvalue weighted by Gasteiger charge is -2.17. The van der Waals surface area contributed by atoms with Gasteiger partial charge in [0, 0.05) is 30.9 Å². The maximum Gasteiger partial charge on any atom is 0.338 e. The number of carbonyl (C=O) groups excluding carboxylic acids is 3. The molecule has 0 fully saturated rings. The SMILES string of the molecule is CCOC(=O)c1ccc2c(c1)NC(=O)/C2=C(\Nc1ccc(N(C)C(C)=O)cc1)c1ccccc1. The van der Waals surface area contributed by atoms with Gasteiger partial charge in [0.25, 0.3) is 5.91 Å². The molecule has 0 saturated heterocycles. The number of hydrogen-bond donors (Lipinski definition) is 2. The molecular weight excluding hydrogens is 430 g/mol. The van der Waals surface area contributed by atoms with E-state index in [0.29, 0.717) is 28.1 Å². The number of benzene rings is 3. The zero-order valence-electron chi connectivity index (χ0n) is 19.2. The summed E-state index contributed by atoms with van der Waals surface area (Å²) in [7, 11) is 1.71. The second kappa shape index (κ2) is 9.62. The highest BCUT2D eigenvalue weighted by molar-refractivity contribution is 6.37. The van der Waals surface area contributed by atoms with Gasteiger partial charge in [-0.15, -0.1) is 0 Å². The Hall–Kier alpha value is -4.39. The molecule has 2 amide bonds. The molecule has 7 heteroatoms. The quantitative estimate of drug-likeness (QED) is 0.413. The maximum atomic E-state index is 13.1. The number of carbonyl (C=O) groups is 3. The minimum atomic E-state index is -0.436. The normalized spacial score (nSPS) is 13.6. The summed E-state index contributed by atoms with van der Waals surface area (Å²) in [5.74, 6) is -0.765. The van der Waals surface area contributed by atoms with Crippen molar-refractivity contribution in [1.82, 2.24) is 0 Å². The molecule has 0 unspecified atom stereocenters. The van der Waals surface area contributed by atoms with Gasteiger partial charge < -0.3 is 20.3 Å². The third-order valence-electron chi connectivity index (χ3n) is 5.58. The van der Waals surface area contributed by atoms with Crippen LogP contribution in [0.2, 0.25) is 0 Å². The first kappa shape index (κ1) is 22.8. The molecule has 0 radical (unpaired) electrons. The minimum absolute atomic E-state index is 0.0609. The molecule has 1 aliphatic heterocycles. The molecule has 3 aromatic carbocycles. The fraction of sp³-hybridized carbons (Fsp3) is 0.148. The Bertz CT molecular complexity index is 1280. The average Bonchev–Trinajstić information content (AvgIpc) is 3.17. The third kappa shape index (κ3) is 4.54. The molecule has 0 bridgehead atoms. The highest BCUT2D eigenvalue weighted by Gasteiger charge is 2.29. The van der Waals surface area contributed by atoms with E-state index < -0.39 is 5.97 Å². The molecule has 172 valence electrons. The lowest BCUT2D eigenvalue weighted by atomic mass is 9.99. The smallest absolute Gasteiger partial charge is 0.338 e. The Morgan fingerprint density at radius 3 is 2.32 bits per heavy atom. The van der Waals surface area contributed by atoms with Crippen LogP contribution in [-0.2, 0) is 14.3 Å². The highest BCUT2D eigenvalue weighted by Crippen LogP contribution is 2.38. The van der Waals surface area contributed by atoms with Crippen LogP contribution in [0, 0.1) is 0 Å². The van der Waals surface area contributed by atoms with Crippen molar-refractivity contribution >= 4 is 46.1 Å². The molecule has 34 heavy (non-hydrogen) atoms. The summed E-state index contributed by atoms with van der Waals surface area (Å²) in [6.07, 6.45) is 0. The Labute approximate surface area is 198 Å². The van der Waals surface area contributed by atoms with Gasteiger partial charge in [-0.25, -0.2) is 4.79 Å². The Morgan fingerprint density at radius 2 is 1.68 bits per heavy atom. The van der Waals surface area contributed by atoms with Crippen molar-refractivity contribution in [3.63, 3.8) is 0 Å². The molecule has 0 aromatic heterocycles. The van der Waals surface area contributed by atoms with Crippen LogP contribution < -0.4 is 15.5 Å². The Kier molecular flexibility index (Phi) is 6.45. The van der Waals surface area contributed by atoms with Crippen LogP contribution in [-0.4, -0.2) is 31.4 Å². The highest BCUT2D eigenvalue weighted by atomic mass is 16.5. The van der Waals surface area contributed by atoms with Crippen molar-refractivity contribution in [3.05, 3.63) is 89.5 Å². The molecule has 1 aliphatic rings. The largest absolute Gasteiger partial charge is 0.462 e. The van der Waals surface area contributed by atoms with Crippen molar-refractivity contribution in [2.75, 3.05) is 29.2 Å². The van der Waals surface area contributed by atoms with Gasteiger partial charge in [0.15, 0.2) is 0 Å². The number of hydrogen-bond acceptors (Lipinski definition) is 5. The van der Waals surface area contributed by atoms with E-state index in [1.54, 1.807) is 37.1 Å². The number of ether oxygens (including phenoxy) is 1. The molecule has 0 aliphatic carbocycles. The van der Waals surface area contributed by atoms with Gasteiger partial charge in [0.1, 0.15) is 0 Å². The predicted octanol–water partition coefficient (Wildman–Crippen LogP) is 4.78. The lowest BCUT2D eigenvalue weighted by molar-refractivity contribution is -0.116. The number of amides is 2. The van der Waals surface area contributed by atoms with Crippen LogP contribution in [0.25, 0.3) is 11.3 Å². The molecule has 3 aromatic rings. The van der Waals surface area contributed by atoms with Crippen LogP contribution in [0.5, 0.6) is 0 Å². The van der Waals surface area contributed by atoms with Crippen molar-refractivity contribution in [2.24, 2.45) is 0 Å². The van der Waals surface area contributed by atoms with Crippen molar-refractivity contribution in [2.45, 2.75) is 13.8 Å². The first-order valence-electron chi connectivity index (χ1n) is 10.9.